The van der Waals surface area contributed by atoms with Crippen LogP contribution in [0.4, 0.5) is 4.79 Å². The van der Waals surface area contributed by atoms with Crippen molar-refractivity contribution in [3.63, 3.8) is 0 Å². The molecule has 1 atom stereocenters. The van der Waals surface area contributed by atoms with Crippen LogP contribution < -0.4 is 5.32 Å². The lowest BCUT2D eigenvalue weighted by Gasteiger charge is -2.34. The van der Waals surface area contributed by atoms with Gasteiger partial charge >= 0.3 is 6.09 Å². The number of carbonyl (C=O) groups is 2. The Morgan fingerprint density at radius 3 is 2.03 bits per heavy atom. The summed E-state index contributed by atoms with van der Waals surface area (Å²) in [5.41, 5.74) is -0.480. The van der Waals surface area contributed by atoms with Crippen molar-refractivity contribution in [1.29, 1.82) is 0 Å². The van der Waals surface area contributed by atoms with E-state index in [2.05, 4.69) is 5.32 Å². The first-order valence-electron chi connectivity index (χ1n) is 13.1. The standard InChI is InChI=1S/C26H46N2O3/c1-26(2,3)31-25(30)28-17-16-23(19-28)27-24(29)18-20-12-14-22(15-13-20)21-10-8-6-4-5-7-9-11-21/h20-23H,4-19H2,1-3H3,(H,27,29)/t20?,22?,23-/m1/s1. The molecule has 3 rings (SSSR count). The summed E-state index contributed by atoms with van der Waals surface area (Å²) < 4.78 is 5.45. The van der Waals surface area contributed by atoms with Gasteiger partial charge in [-0.15, -0.1) is 0 Å². The largest absolute Gasteiger partial charge is 0.444 e. The molecule has 3 fully saturated rings. The Bertz CT molecular complexity index is 568. The fraction of sp³-hybridized carbons (Fsp3) is 0.923. The molecule has 1 saturated heterocycles. The highest BCUT2D eigenvalue weighted by molar-refractivity contribution is 5.77. The number of ether oxygens (including phenoxy) is 1. The van der Waals surface area contributed by atoms with Crippen molar-refractivity contribution < 1.29 is 14.3 Å². The molecule has 2 aliphatic carbocycles. The molecule has 1 aliphatic heterocycles. The molecule has 5 heteroatoms. The lowest BCUT2D eigenvalue weighted by Crippen LogP contribution is -2.40. The molecule has 1 heterocycles. The van der Waals surface area contributed by atoms with Gasteiger partial charge in [0.1, 0.15) is 5.60 Å². The zero-order valence-electron chi connectivity index (χ0n) is 20.3. The first-order chi connectivity index (χ1) is 14.8. The summed E-state index contributed by atoms with van der Waals surface area (Å²) in [6.45, 7) is 6.87. The molecular formula is C26H46N2O3. The van der Waals surface area contributed by atoms with Crippen molar-refractivity contribution >= 4 is 12.0 Å². The van der Waals surface area contributed by atoms with Crippen molar-refractivity contribution in [3.8, 4) is 0 Å². The van der Waals surface area contributed by atoms with Gasteiger partial charge in [-0.1, -0.05) is 51.4 Å². The Balaban J connectivity index is 1.35. The van der Waals surface area contributed by atoms with E-state index in [4.69, 9.17) is 4.74 Å². The molecule has 0 aromatic carbocycles. The number of amides is 2. The normalized spacial score (nSPS) is 29.0. The van der Waals surface area contributed by atoms with Crippen LogP contribution in [0, 0.1) is 17.8 Å². The van der Waals surface area contributed by atoms with E-state index < -0.39 is 5.60 Å². The summed E-state index contributed by atoms with van der Waals surface area (Å²) in [5.74, 6) is 2.54. The molecule has 1 N–H and O–H groups in total. The van der Waals surface area contributed by atoms with Gasteiger partial charge in [0.25, 0.3) is 0 Å². The van der Waals surface area contributed by atoms with Gasteiger partial charge < -0.3 is 15.0 Å². The smallest absolute Gasteiger partial charge is 0.410 e. The Hall–Kier alpha value is -1.26. The van der Waals surface area contributed by atoms with E-state index in [-0.39, 0.29) is 18.0 Å². The van der Waals surface area contributed by atoms with E-state index in [1.807, 2.05) is 20.8 Å². The van der Waals surface area contributed by atoms with Crippen LogP contribution in [0.3, 0.4) is 0 Å². The third-order valence-corrected chi connectivity index (χ3v) is 7.64. The maximum absolute atomic E-state index is 12.6. The van der Waals surface area contributed by atoms with Gasteiger partial charge in [0.15, 0.2) is 0 Å². The highest BCUT2D eigenvalue weighted by Crippen LogP contribution is 2.39. The first-order valence-corrected chi connectivity index (χ1v) is 13.1. The van der Waals surface area contributed by atoms with E-state index in [1.165, 1.54) is 77.0 Å². The van der Waals surface area contributed by atoms with Crippen LogP contribution in [0.25, 0.3) is 0 Å². The van der Waals surface area contributed by atoms with Crippen molar-refractivity contribution in [1.82, 2.24) is 10.2 Å². The van der Waals surface area contributed by atoms with Crippen LogP contribution in [0.2, 0.25) is 0 Å². The molecule has 0 aromatic rings. The van der Waals surface area contributed by atoms with Gasteiger partial charge in [-0.3, -0.25) is 4.79 Å². The first kappa shape index (κ1) is 24.4. The summed E-state index contributed by atoms with van der Waals surface area (Å²) in [5, 5.41) is 3.18. The quantitative estimate of drug-likeness (QED) is 0.585. The van der Waals surface area contributed by atoms with E-state index in [0.29, 0.717) is 25.4 Å². The summed E-state index contributed by atoms with van der Waals surface area (Å²) in [4.78, 5) is 26.6. The number of hydrogen-bond donors (Lipinski definition) is 1. The fourth-order valence-corrected chi connectivity index (χ4v) is 5.92. The van der Waals surface area contributed by atoms with Gasteiger partial charge in [0.2, 0.25) is 5.91 Å². The molecular weight excluding hydrogens is 388 g/mol. The Labute approximate surface area is 190 Å². The van der Waals surface area contributed by atoms with Crippen molar-refractivity contribution in [2.24, 2.45) is 17.8 Å². The molecule has 2 amide bonds. The molecule has 0 aromatic heterocycles. The minimum atomic E-state index is -0.480. The molecule has 178 valence electrons. The molecule has 0 bridgehead atoms. The fourth-order valence-electron chi connectivity index (χ4n) is 5.92. The van der Waals surface area contributed by atoms with Gasteiger partial charge in [-0.05, 0) is 70.6 Å². The molecule has 2 saturated carbocycles. The van der Waals surface area contributed by atoms with Crippen molar-refractivity contribution in [3.05, 3.63) is 0 Å². The third-order valence-electron chi connectivity index (χ3n) is 7.64. The zero-order valence-corrected chi connectivity index (χ0v) is 20.3. The number of carbonyl (C=O) groups excluding carboxylic acids is 2. The number of nitrogens with one attached hydrogen (secondary N) is 1. The van der Waals surface area contributed by atoms with E-state index in [0.717, 1.165) is 18.3 Å². The molecule has 0 radical (unpaired) electrons. The van der Waals surface area contributed by atoms with Gasteiger partial charge in [-0.2, -0.15) is 0 Å². The number of rotatable bonds is 4. The average Bonchev–Trinajstić information content (AvgIpc) is 3.20. The number of nitrogens with zero attached hydrogens (tertiary/aromatic N) is 1. The van der Waals surface area contributed by atoms with Crippen LogP contribution in [0.5, 0.6) is 0 Å². The lowest BCUT2D eigenvalue weighted by molar-refractivity contribution is -0.123. The second kappa shape index (κ2) is 11.6. The molecule has 0 unspecified atom stereocenters. The number of hydrogen-bond acceptors (Lipinski definition) is 3. The molecule has 5 nitrogen and oxygen atoms in total. The topological polar surface area (TPSA) is 58.6 Å². The van der Waals surface area contributed by atoms with Gasteiger partial charge in [-0.25, -0.2) is 4.79 Å². The monoisotopic (exact) mass is 434 g/mol. The summed E-state index contributed by atoms with van der Waals surface area (Å²) in [6, 6.07) is 0.0650. The minimum absolute atomic E-state index is 0.0650. The molecule has 31 heavy (non-hydrogen) atoms. The average molecular weight is 435 g/mol. The van der Waals surface area contributed by atoms with E-state index >= 15 is 0 Å². The van der Waals surface area contributed by atoms with Gasteiger partial charge in [0, 0.05) is 25.6 Å². The van der Waals surface area contributed by atoms with Crippen LogP contribution in [-0.2, 0) is 9.53 Å². The second-order valence-electron chi connectivity index (χ2n) is 11.4. The Morgan fingerprint density at radius 1 is 0.839 bits per heavy atom. The zero-order chi connectivity index (χ0) is 22.3. The Kier molecular flexibility index (Phi) is 9.09. The van der Waals surface area contributed by atoms with Crippen LogP contribution in [0.1, 0.15) is 111 Å². The molecule has 0 spiro atoms. The van der Waals surface area contributed by atoms with Gasteiger partial charge in [0.05, 0.1) is 0 Å². The third kappa shape index (κ3) is 8.31. The van der Waals surface area contributed by atoms with E-state index in [9.17, 15) is 9.59 Å². The van der Waals surface area contributed by atoms with Crippen molar-refractivity contribution in [2.75, 3.05) is 13.1 Å². The number of likely N-dealkylation sites (tertiary alicyclic amines) is 1. The summed E-state index contributed by atoms with van der Waals surface area (Å²) in [7, 11) is 0. The van der Waals surface area contributed by atoms with E-state index in [1.54, 1.807) is 4.90 Å². The lowest BCUT2D eigenvalue weighted by atomic mass is 9.72. The van der Waals surface area contributed by atoms with Crippen LogP contribution in [-0.4, -0.2) is 41.6 Å². The minimum Gasteiger partial charge on any atom is -0.444 e. The summed E-state index contributed by atoms with van der Waals surface area (Å²) in [6.07, 6.45) is 17.7. The summed E-state index contributed by atoms with van der Waals surface area (Å²) >= 11 is 0. The highest BCUT2D eigenvalue weighted by Gasteiger charge is 2.32. The van der Waals surface area contributed by atoms with Crippen molar-refractivity contribution in [2.45, 2.75) is 122 Å². The maximum atomic E-state index is 12.6. The maximum Gasteiger partial charge on any atom is 0.410 e. The predicted molar refractivity (Wildman–Crippen MR) is 125 cm³/mol. The molecule has 3 aliphatic rings. The van der Waals surface area contributed by atoms with Crippen LogP contribution >= 0.6 is 0 Å². The predicted octanol–water partition coefficient (Wildman–Crippen LogP) is 6.06. The Morgan fingerprint density at radius 2 is 1.42 bits per heavy atom. The highest BCUT2D eigenvalue weighted by atomic mass is 16.6. The SMILES string of the molecule is CC(C)(C)OC(=O)N1CC[C@@H](NC(=O)CC2CCC(C3CCCCCCCC3)CC2)C1. The second-order valence-corrected chi connectivity index (χ2v) is 11.4. The van der Waals surface area contributed by atoms with Crippen LogP contribution in [0.15, 0.2) is 0 Å².